The summed E-state index contributed by atoms with van der Waals surface area (Å²) < 4.78 is 3.42. The fourth-order valence-electron chi connectivity index (χ4n) is 3.82. The molecule has 3 heterocycles. The number of aryl methyl sites for hydroxylation is 3. The minimum atomic E-state index is -0.197. The van der Waals surface area contributed by atoms with Crippen LogP contribution >= 0.6 is 11.3 Å². The number of thiazole rings is 1. The molecule has 8 heteroatoms. The highest BCUT2D eigenvalue weighted by Gasteiger charge is 2.20. The SMILES string of the molecule is CCCNC(=O)Cc1csc2nc(C)c(-c3cc(C)n(-c4cccc(C)c4C)n3)c(=O)n12. The van der Waals surface area contributed by atoms with Crippen LogP contribution in [0.3, 0.4) is 0 Å². The Kier molecular flexibility index (Phi) is 5.97. The van der Waals surface area contributed by atoms with Crippen molar-refractivity contribution in [1.29, 1.82) is 0 Å². The highest BCUT2D eigenvalue weighted by atomic mass is 32.1. The van der Waals surface area contributed by atoms with Gasteiger partial charge in [-0.3, -0.25) is 14.0 Å². The summed E-state index contributed by atoms with van der Waals surface area (Å²) in [6, 6.07) is 8.02. The van der Waals surface area contributed by atoms with Gasteiger partial charge in [-0.15, -0.1) is 11.3 Å². The van der Waals surface area contributed by atoms with E-state index in [4.69, 9.17) is 5.10 Å². The van der Waals surface area contributed by atoms with E-state index in [1.165, 1.54) is 16.9 Å². The third kappa shape index (κ3) is 3.86. The zero-order valence-corrected chi connectivity index (χ0v) is 19.8. The lowest BCUT2D eigenvalue weighted by Crippen LogP contribution is -2.28. The van der Waals surface area contributed by atoms with Crippen LogP contribution in [0.4, 0.5) is 0 Å². The lowest BCUT2D eigenvalue weighted by atomic mass is 10.1. The summed E-state index contributed by atoms with van der Waals surface area (Å²) in [6.07, 6.45) is 1.00. The van der Waals surface area contributed by atoms with E-state index in [0.29, 0.717) is 34.2 Å². The van der Waals surface area contributed by atoms with Gasteiger partial charge in [0.2, 0.25) is 5.91 Å². The van der Waals surface area contributed by atoms with E-state index in [9.17, 15) is 9.59 Å². The van der Waals surface area contributed by atoms with Crippen LogP contribution in [0, 0.1) is 27.7 Å². The monoisotopic (exact) mass is 449 g/mol. The third-order valence-electron chi connectivity index (χ3n) is 5.68. The van der Waals surface area contributed by atoms with Gasteiger partial charge in [0.25, 0.3) is 5.56 Å². The number of carbonyl (C=O) groups is 1. The number of benzene rings is 1. The van der Waals surface area contributed by atoms with Crippen molar-refractivity contribution in [2.24, 2.45) is 0 Å². The zero-order chi connectivity index (χ0) is 23.0. The van der Waals surface area contributed by atoms with Gasteiger partial charge < -0.3 is 5.32 Å². The van der Waals surface area contributed by atoms with Crippen molar-refractivity contribution < 1.29 is 4.79 Å². The molecule has 32 heavy (non-hydrogen) atoms. The molecule has 4 aromatic rings. The Morgan fingerprint density at radius 2 is 1.97 bits per heavy atom. The molecule has 3 aromatic heterocycles. The van der Waals surface area contributed by atoms with E-state index < -0.39 is 0 Å². The van der Waals surface area contributed by atoms with Crippen LogP contribution in [0.25, 0.3) is 21.9 Å². The van der Waals surface area contributed by atoms with Crippen LogP contribution in [0.5, 0.6) is 0 Å². The molecule has 1 amide bonds. The molecular weight excluding hydrogens is 422 g/mol. The molecule has 0 saturated carbocycles. The van der Waals surface area contributed by atoms with E-state index in [1.54, 1.807) is 4.40 Å². The molecule has 1 aromatic carbocycles. The maximum Gasteiger partial charge on any atom is 0.268 e. The Hall–Kier alpha value is -3.26. The Morgan fingerprint density at radius 1 is 1.19 bits per heavy atom. The normalized spacial score (nSPS) is 11.3. The van der Waals surface area contributed by atoms with Gasteiger partial charge in [-0.05, 0) is 57.4 Å². The van der Waals surface area contributed by atoms with Crippen LogP contribution in [0.1, 0.15) is 41.6 Å². The summed E-state index contributed by atoms with van der Waals surface area (Å²) in [5.74, 6) is -0.101. The first-order chi connectivity index (χ1) is 15.3. The second-order valence-electron chi connectivity index (χ2n) is 8.05. The van der Waals surface area contributed by atoms with Gasteiger partial charge in [0.15, 0.2) is 4.96 Å². The molecule has 0 aliphatic rings. The number of amides is 1. The predicted octanol–water partition coefficient (Wildman–Crippen LogP) is 3.91. The Balaban J connectivity index is 1.82. The molecular formula is C24H27N5O2S. The lowest BCUT2D eigenvalue weighted by molar-refractivity contribution is -0.120. The van der Waals surface area contributed by atoms with E-state index in [1.807, 2.05) is 49.0 Å². The van der Waals surface area contributed by atoms with Gasteiger partial charge in [-0.25, -0.2) is 9.67 Å². The van der Waals surface area contributed by atoms with Crippen molar-refractivity contribution in [3.05, 3.63) is 68.2 Å². The molecule has 0 spiro atoms. The molecule has 0 unspecified atom stereocenters. The molecule has 0 atom stereocenters. The molecule has 7 nitrogen and oxygen atoms in total. The van der Waals surface area contributed by atoms with Crippen LogP contribution in [-0.4, -0.2) is 31.6 Å². The first-order valence-corrected chi connectivity index (χ1v) is 11.6. The van der Waals surface area contributed by atoms with Gasteiger partial charge >= 0.3 is 0 Å². The Bertz CT molecular complexity index is 1380. The topological polar surface area (TPSA) is 81.3 Å². The molecule has 166 valence electrons. The summed E-state index contributed by atoms with van der Waals surface area (Å²) in [6.45, 7) is 10.6. The Labute approximate surface area is 190 Å². The van der Waals surface area contributed by atoms with Crippen LogP contribution in [-0.2, 0) is 11.2 Å². The average Bonchev–Trinajstić information content (AvgIpc) is 3.32. The minimum absolute atomic E-state index is 0.101. The van der Waals surface area contributed by atoms with Crippen molar-refractivity contribution in [3.8, 4) is 16.9 Å². The summed E-state index contributed by atoms with van der Waals surface area (Å²) >= 11 is 1.37. The standard InChI is InChI=1S/C24H27N5O2S/c1-6-10-25-21(30)12-18-13-32-24-26-17(5)22(23(31)28(18)24)19-11-15(3)29(27-19)20-9-7-8-14(2)16(20)4/h7-9,11,13H,6,10,12H2,1-5H3,(H,25,30). The second kappa shape index (κ2) is 8.70. The number of hydrogen-bond acceptors (Lipinski definition) is 5. The number of carbonyl (C=O) groups excluding carboxylic acids is 1. The molecule has 1 N–H and O–H groups in total. The molecule has 0 aliphatic carbocycles. The number of fused-ring (bicyclic) bond motifs is 1. The number of hydrogen-bond donors (Lipinski definition) is 1. The quantitative estimate of drug-likeness (QED) is 0.484. The van der Waals surface area contributed by atoms with Crippen molar-refractivity contribution in [2.45, 2.75) is 47.5 Å². The maximum atomic E-state index is 13.6. The van der Waals surface area contributed by atoms with Gasteiger partial charge in [-0.2, -0.15) is 5.10 Å². The Morgan fingerprint density at radius 3 is 2.72 bits per heavy atom. The molecule has 0 saturated heterocycles. The van der Waals surface area contributed by atoms with Crippen LogP contribution in [0.2, 0.25) is 0 Å². The summed E-state index contributed by atoms with van der Waals surface area (Å²) in [7, 11) is 0. The van der Waals surface area contributed by atoms with Crippen molar-refractivity contribution in [3.63, 3.8) is 0 Å². The fraction of sp³-hybridized carbons (Fsp3) is 0.333. The second-order valence-corrected chi connectivity index (χ2v) is 8.89. The number of nitrogens with zero attached hydrogens (tertiary/aromatic N) is 4. The lowest BCUT2D eigenvalue weighted by Gasteiger charge is -2.10. The zero-order valence-electron chi connectivity index (χ0n) is 19.0. The summed E-state index contributed by atoms with van der Waals surface area (Å²) in [5.41, 5.74) is 6.37. The summed E-state index contributed by atoms with van der Waals surface area (Å²) in [5, 5.41) is 9.48. The molecule has 0 aliphatic heterocycles. The summed E-state index contributed by atoms with van der Waals surface area (Å²) in [4.78, 5) is 31.0. The highest BCUT2D eigenvalue weighted by molar-refractivity contribution is 7.15. The average molecular weight is 450 g/mol. The van der Waals surface area contributed by atoms with Crippen molar-refractivity contribution in [1.82, 2.24) is 24.5 Å². The van der Waals surface area contributed by atoms with Crippen LogP contribution < -0.4 is 10.9 Å². The number of aromatic nitrogens is 4. The van der Waals surface area contributed by atoms with Crippen LogP contribution in [0.15, 0.2) is 34.4 Å². The largest absolute Gasteiger partial charge is 0.356 e. The first kappa shape index (κ1) is 22.0. The van der Waals surface area contributed by atoms with Gasteiger partial charge in [0.05, 0.1) is 23.4 Å². The molecule has 4 rings (SSSR count). The predicted molar refractivity (Wildman–Crippen MR) is 128 cm³/mol. The van der Waals surface area contributed by atoms with Crippen molar-refractivity contribution in [2.75, 3.05) is 6.54 Å². The first-order valence-electron chi connectivity index (χ1n) is 10.7. The van der Waals surface area contributed by atoms with E-state index in [-0.39, 0.29) is 17.9 Å². The minimum Gasteiger partial charge on any atom is -0.356 e. The van der Waals surface area contributed by atoms with Gasteiger partial charge in [0.1, 0.15) is 5.69 Å². The number of nitrogens with one attached hydrogen (secondary N) is 1. The van der Waals surface area contributed by atoms with E-state index in [2.05, 4.69) is 30.2 Å². The maximum absolute atomic E-state index is 13.6. The fourth-order valence-corrected chi connectivity index (χ4v) is 4.75. The van der Waals surface area contributed by atoms with Gasteiger partial charge in [0, 0.05) is 23.3 Å². The smallest absolute Gasteiger partial charge is 0.268 e. The van der Waals surface area contributed by atoms with Gasteiger partial charge in [-0.1, -0.05) is 19.1 Å². The number of rotatable bonds is 6. The van der Waals surface area contributed by atoms with Crippen molar-refractivity contribution >= 4 is 22.2 Å². The third-order valence-corrected chi connectivity index (χ3v) is 6.56. The van der Waals surface area contributed by atoms with E-state index >= 15 is 0 Å². The van der Waals surface area contributed by atoms with E-state index in [0.717, 1.165) is 23.4 Å². The molecule has 0 fully saturated rings. The molecule has 0 bridgehead atoms. The highest BCUT2D eigenvalue weighted by Crippen LogP contribution is 2.25. The molecule has 0 radical (unpaired) electrons.